The molecule has 1 heterocycles. The Bertz CT molecular complexity index is 1090. The van der Waals surface area contributed by atoms with Gasteiger partial charge in [0.05, 0.1) is 18.0 Å². The molecular weight excluding hydrogens is 386 g/mol. The van der Waals surface area contributed by atoms with Gasteiger partial charge in [-0.05, 0) is 18.2 Å². The summed E-state index contributed by atoms with van der Waals surface area (Å²) in [7, 11) is 0. The third-order valence-electron chi connectivity index (χ3n) is 4.25. The Hall–Kier alpha value is -4.19. The monoisotopic (exact) mass is 405 g/mol. The van der Waals surface area contributed by atoms with Crippen LogP contribution >= 0.6 is 0 Å². The van der Waals surface area contributed by atoms with Gasteiger partial charge in [0, 0.05) is 17.6 Å². The fourth-order valence-electron chi connectivity index (χ4n) is 2.79. The molecule has 0 atom stereocenters. The molecule has 0 unspecified atom stereocenters. The van der Waals surface area contributed by atoms with Gasteiger partial charge in [0.25, 0.3) is 11.8 Å². The molecule has 30 heavy (non-hydrogen) atoms. The standard InChI is InChI=1S/C21H19N5O4/c22-11-13-26(15-6-2-1-3-7-15)18(27)14-30-19(28)10-12-23-21(29)20-16-8-4-5-9-17(16)24-25-20/h1-9H,10,12-14H2,(H,23,29)(H,24,25). The minimum Gasteiger partial charge on any atom is -0.455 e. The van der Waals surface area contributed by atoms with Crippen LogP contribution in [0, 0.1) is 11.3 Å². The molecule has 0 fully saturated rings. The number of H-pyrrole nitrogens is 1. The first-order valence-electron chi connectivity index (χ1n) is 9.19. The molecule has 0 aliphatic heterocycles. The lowest BCUT2D eigenvalue weighted by atomic mass is 10.2. The smallest absolute Gasteiger partial charge is 0.308 e. The predicted molar refractivity (Wildman–Crippen MR) is 108 cm³/mol. The van der Waals surface area contributed by atoms with Gasteiger partial charge in [-0.1, -0.05) is 36.4 Å². The van der Waals surface area contributed by atoms with Gasteiger partial charge in [-0.3, -0.25) is 24.4 Å². The van der Waals surface area contributed by atoms with Crippen LogP contribution in [-0.4, -0.2) is 47.7 Å². The Morgan fingerprint density at radius 1 is 1.10 bits per heavy atom. The van der Waals surface area contributed by atoms with E-state index < -0.39 is 24.4 Å². The van der Waals surface area contributed by atoms with Crippen molar-refractivity contribution in [3.8, 4) is 6.07 Å². The van der Waals surface area contributed by atoms with Crippen molar-refractivity contribution in [2.75, 3.05) is 24.6 Å². The van der Waals surface area contributed by atoms with Crippen LogP contribution in [-0.2, 0) is 14.3 Å². The number of fused-ring (bicyclic) bond motifs is 1. The molecule has 2 N–H and O–H groups in total. The van der Waals surface area contributed by atoms with Crippen LogP contribution in [0.5, 0.6) is 0 Å². The van der Waals surface area contributed by atoms with Crippen molar-refractivity contribution in [2.45, 2.75) is 6.42 Å². The number of hydrogen-bond donors (Lipinski definition) is 2. The number of carbonyl (C=O) groups is 3. The van der Waals surface area contributed by atoms with E-state index in [4.69, 9.17) is 10.00 Å². The number of nitrogens with zero attached hydrogens (tertiary/aromatic N) is 3. The first-order chi connectivity index (χ1) is 14.6. The summed E-state index contributed by atoms with van der Waals surface area (Å²) in [6.45, 7) is -0.616. The number of rotatable bonds is 8. The Morgan fingerprint density at radius 3 is 2.60 bits per heavy atom. The molecule has 3 rings (SSSR count). The lowest BCUT2D eigenvalue weighted by Crippen LogP contribution is -2.35. The normalized spacial score (nSPS) is 10.2. The van der Waals surface area contributed by atoms with E-state index in [2.05, 4.69) is 15.5 Å². The van der Waals surface area contributed by atoms with Gasteiger partial charge < -0.3 is 10.1 Å². The number of para-hydroxylation sites is 2. The van der Waals surface area contributed by atoms with Crippen LogP contribution in [0.15, 0.2) is 54.6 Å². The van der Waals surface area contributed by atoms with E-state index in [1.807, 2.05) is 12.1 Å². The van der Waals surface area contributed by atoms with Gasteiger partial charge in [0.15, 0.2) is 12.3 Å². The highest BCUT2D eigenvalue weighted by Crippen LogP contribution is 2.15. The molecule has 152 valence electrons. The highest BCUT2D eigenvalue weighted by atomic mass is 16.5. The zero-order valence-corrected chi connectivity index (χ0v) is 16.0. The van der Waals surface area contributed by atoms with Gasteiger partial charge in [-0.15, -0.1) is 0 Å². The minimum absolute atomic E-state index is 0.0354. The van der Waals surface area contributed by atoms with E-state index in [0.717, 1.165) is 5.52 Å². The molecular formula is C21H19N5O4. The van der Waals surface area contributed by atoms with Crippen molar-refractivity contribution in [1.82, 2.24) is 15.5 Å². The summed E-state index contributed by atoms with van der Waals surface area (Å²) in [5.74, 6) is -1.57. The number of nitrogens with one attached hydrogen (secondary N) is 2. The summed E-state index contributed by atoms with van der Waals surface area (Å²) in [6.07, 6.45) is -0.106. The van der Waals surface area contributed by atoms with E-state index >= 15 is 0 Å². The minimum atomic E-state index is -0.638. The number of ether oxygens (including phenoxy) is 1. The lowest BCUT2D eigenvalue weighted by Gasteiger charge is -2.19. The van der Waals surface area contributed by atoms with Crippen molar-refractivity contribution in [3.63, 3.8) is 0 Å². The second-order valence-corrected chi connectivity index (χ2v) is 6.26. The first-order valence-corrected chi connectivity index (χ1v) is 9.19. The van der Waals surface area contributed by atoms with Crippen molar-refractivity contribution in [3.05, 3.63) is 60.3 Å². The number of aromatic nitrogens is 2. The van der Waals surface area contributed by atoms with Crippen LogP contribution in [0.1, 0.15) is 16.9 Å². The molecule has 1 aromatic heterocycles. The SMILES string of the molecule is N#CCN(C(=O)COC(=O)CCNC(=O)c1n[nH]c2ccccc12)c1ccccc1. The van der Waals surface area contributed by atoms with Crippen LogP contribution in [0.4, 0.5) is 5.69 Å². The number of hydrogen-bond acceptors (Lipinski definition) is 6. The number of nitriles is 1. The molecule has 9 nitrogen and oxygen atoms in total. The maximum absolute atomic E-state index is 12.3. The number of anilines is 1. The highest BCUT2D eigenvalue weighted by molar-refractivity contribution is 6.04. The first kappa shape index (κ1) is 20.5. The maximum Gasteiger partial charge on any atom is 0.308 e. The summed E-state index contributed by atoms with van der Waals surface area (Å²) < 4.78 is 4.98. The van der Waals surface area contributed by atoms with Gasteiger partial charge in [0.1, 0.15) is 6.54 Å². The topological polar surface area (TPSA) is 128 Å². The second-order valence-electron chi connectivity index (χ2n) is 6.26. The third kappa shape index (κ3) is 4.99. The highest BCUT2D eigenvalue weighted by Gasteiger charge is 2.18. The Labute approximate surface area is 172 Å². The number of amides is 2. The summed E-state index contributed by atoms with van der Waals surface area (Å²) in [5.41, 5.74) is 1.52. The lowest BCUT2D eigenvalue weighted by molar-refractivity contribution is -0.147. The van der Waals surface area contributed by atoms with E-state index in [1.54, 1.807) is 48.5 Å². The van der Waals surface area contributed by atoms with Crippen LogP contribution in [0.2, 0.25) is 0 Å². The number of carbonyl (C=O) groups excluding carboxylic acids is 3. The maximum atomic E-state index is 12.3. The largest absolute Gasteiger partial charge is 0.455 e. The quantitative estimate of drug-likeness (QED) is 0.434. The molecule has 0 saturated heterocycles. The number of aromatic amines is 1. The summed E-state index contributed by atoms with van der Waals surface area (Å²) in [5, 5.41) is 19.0. The Morgan fingerprint density at radius 2 is 1.83 bits per heavy atom. The van der Waals surface area contributed by atoms with Crippen LogP contribution < -0.4 is 10.2 Å². The Balaban J connectivity index is 1.46. The zero-order chi connectivity index (χ0) is 21.3. The van der Waals surface area contributed by atoms with E-state index in [1.165, 1.54) is 4.90 Å². The third-order valence-corrected chi connectivity index (χ3v) is 4.25. The van der Waals surface area contributed by atoms with Gasteiger partial charge in [-0.25, -0.2) is 0 Å². The fourth-order valence-corrected chi connectivity index (χ4v) is 2.79. The molecule has 0 saturated carbocycles. The van der Waals surface area contributed by atoms with E-state index in [-0.39, 0.29) is 25.2 Å². The van der Waals surface area contributed by atoms with Crippen LogP contribution in [0.3, 0.4) is 0 Å². The molecule has 0 aliphatic rings. The van der Waals surface area contributed by atoms with Crippen molar-refractivity contribution >= 4 is 34.4 Å². The molecule has 2 amide bonds. The van der Waals surface area contributed by atoms with E-state index in [9.17, 15) is 14.4 Å². The van der Waals surface area contributed by atoms with Gasteiger partial charge in [-0.2, -0.15) is 10.4 Å². The zero-order valence-electron chi connectivity index (χ0n) is 16.0. The number of esters is 1. The molecule has 0 spiro atoms. The van der Waals surface area contributed by atoms with Crippen LogP contribution in [0.25, 0.3) is 10.9 Å². The summed E-state index contributed by atoms with van der Waals surface area (Å²) in [6, 6.07) is 17.8. The molecule has 9 heteroatoms. The van der Waals surface area contributed by atoms with E-state index in [0.29, 0.717) is 11.1 Å². The van der Waals surface area contributed by atoms with Crippen molar-refractivity contribution < 1.29 is 19.1 Å². The summed E-state index contributed by atoms with van der Waals surface area (Å²) in [4.78, 5) is 37.7. The Kier molecular flexibility index (Phi) is 6.74. The van der Waals surface area contributed by atoms with Gasteiger partial charge >= 0.3 is 5.97 Å². The average Bonchev–Trinajstić information content (AvgIpc) is 3.20. The molecule has 2 aromatic carbocycles. The fraction of sp³-hybridized carbons (Fsp3) is 0.190. The molecule has 0 aliphatic carbocycles. The average molecular weight is 405 g/mol. The van der Waals surface area contributed by atoms with Crippen molar-refractivity contribution in [1.29, 1.82) is 5.26 Å². The second kappa shape index (κ2) is 9.84. The number of benzene rings is 2. The predicted octanol–water partition coefficient (Wildman–Crippen LogP) is 1.78. The molecule has 0 bridgehead atoms. The molecule has 3 aromatic rings. The van der Waals surface area contributed by atoms with Crippen molar-refractivity contribution in [2.24, 2.45) is 0 Å². The molecule has 0 radical (unpaired) electrons. The summed E-state index contributed by atoms with van der Waals surface area (Å²) >= 11 is 0. The van der Waals surface area contributed by atoms with Gasteiger partial charge in [0.2, 0.25) is 0 Å².